The second-order valence-electron chi connectivity index (χ2n) is 7.39. The molecule has 1 fully saturated rings. The van der Waals surface area contributed by atoms with E-state index in [1.165, 1.54) is 12.1 Å². The summed E-state index contributed by atoms with van der Waals surface area (Å²) in [5.74, 6) is -0.213. The number of halogens is 1. The van der Waals surface area contributed by atoms with E-state index in [2.05, 4.69) is 0 Å². The molecule has 1 amide bonds. The molecule has 7 heteroatoms. The molecule has 3 rings (SSSR count). The van der Waals surface area contributed by atoms with Crippen molar-refractivity contribution in [2.75, 3.05) is 19.7 Å². The number of likely N-dealkylation sites (tertiary alicyclic amines) is 1. The molecular formula is C24H25ClN2O4. The Kier molecular flexibility index (Phi) is 7.91. The molecule has 0 radical (unpaired) electrons. The average molecular weight is 441 g/mol. The van der Waals surface area contributed by atoms with Crippen molar-refractivity contribution in [1.82, 2.24) is 4.90 Å². The minimum Gasteiger partial charge on any atom is -0.490 e. The molecule has 162 valence electrons. The zero-order valence-electron chi connectivity index (χ0n) is 17.5. The Balaban J connectivity index is 1.55. The third kappa shape index (κ3) is 5.99. The van der Waals surface area contributed by atoms with E-state index in [1.54, 1.807) is 6.92 Å². The first-order chi connectivity index (χ1) is 15.0. The second kappa shape index (κ2) is 10.8. The molecule has 1 saturated heterocycles. The molecule has 0 atom stereocenters. The van der Waals surface area contributed by atoms with Crippen LogP contribution in [0.3, 0.4) is 0 Å². The highest BCUT2D eigenvalue weighted by molar-refractivity contribution is 6.32. The van der Waals surface area contributed by atoms with Crippen molar-refractivity contribution in [1.29, 1.82) is 5.26 Å². The first-order valence-electron chi connectivity index (χ1n) is 10.4. The Hall–Kier alpha value is -3.04. The summed E-state index contributed by atoms with van der Waals surface area (Å²) in [6.45, 7) is 3.18. The summed E-state index contributed by atoms with van der Waals surface area (Å²) in [5, 5.41) is 9.26. The lowest BCUT2D eigenvalue weighted by molar-refractivity contribution is -0.143. The van der Waals surface area contributed by atoms with E-state index in [1.807, 2.05) is 41.3 Å². The zero-order valence-corrected chi connectivity index (χ0v) is 18.2. The number of amides is 1. The van der Waals surface area contributed by atoms with E-state index in [0.29, 0.717) is 50.9 Å². The van der Waals surface area contributed by atoms with Gasteiger partial charge in [0.1, 0.15) is 0 Å². The van der Waals surface area contributed by atoms with E-state index in [9.17, 15) is 9.59 Å². The number of nitrogens with zero attached hydrogens (tertiary/aromatic N) is 2. The van der Waals surface area contributed by atoms with Crippen molar-refractivity contribution in [2.45, 2.75) is 32.6 Å². The number of hydrogen-bond acceptors (Lipinski definition) is 5. The summed E-state index contributed by atoms with van der Waals surface area (Å²) < 4.78 is 11.1. The SMILES string of the molecule is CCOc1cc(C#N)cc(Cl)c1OC(=O)C1CCN(C(=O)CCc2ccccc2)CC1. The summed E-state index contributed by atoms with van der Waals surface area (Å²) in [4.78, 5) is 27.0. The maximum absolute atomic E-state index is 12.7. The van der Waals surface area contributed by atoms with Gasteiger partial charge in [-0.15, -0.1) is 0 Å². The molecule has 1 aliphatic heterocycles. The molecule has 2 aromatic rings. The van der Waals surface area contributed by atoms with Crippen molar-refractivity contribution < 1.29 is 19.1 Å². The highest BCUT2D eigenvalue weighted by Crippen LogP contribution is 2.37. The minimum atomic E-state index is -0.399. The van der Waals surface area contributed by atoms with Crippen LogP contribution in [0.2, 0.25) is 5.02 Å². The molecule has 2 aromatic carbocycles. The number of carbonyl (C=O) groups excluding carboxylic acids is 2. The normalized spacial score (nSPS) is 14.0. The monoisotopic (exact) mass is 440 g/mol. The van der Waals surface area contributed by atoms with Gasteiger partial charge in [0.15, 0.2) is 11.5 Å². The largest absolute Gasteiger partial charge is 0.490 e. The molecule has 0 saturated carbocycles. The number of ether oxygens (including phenoxy) is 2. The summed E-state index contributed by atoms with van der Waals surface area (Å²) in [5.41, 5.74) is 1.47. The molecule has 0 N–H and O–H groups in total. The number of nitriles is 1. The van der Waals surface area contributed by atoms with Crippen LogP contribution in [0.4, 0.5) is 0 Å². The lowest BCUT2D eigenvalue weighted by atomic mass is 9.96. The lowest BCUT2D eigenvalue weighted by Crippen LogP contribution is -2.41. The summed E-state index contributed by atoms with van der Waals surface area (Å²) in [6.07, 6.45) is 2.23. The fourth-order valence-electron chi connectivity index (χ4n) is 3.60. The van der Waals surface area contributed by atoms with Crippen LogP contribution >= 0.6 is 11.6 Å². The van der Waals surface area contributed by atoms with Crippen molar-refractivity contribution in [3.05, 3.63) is 58.6 Å². The highest BCUT2D eigenvalue weighted by Gasteiger charge is 2.29. The van der Waals surface area contributed by atoms with E-state index < -0.39 is 5.97 Å². The van der Waals surface area contributed by atoms with E-state index in [4.69, 9.17) is 26.3 Å². The molecule has 6 nitrogen and oxygen atoms in total. The molecule has 31 heavy (non-hydrogen) atoms. The lowest BCUT2D eigenvalue weighted by Gasteiger charge is -2.31. The Morgan fingerprint density at radius 3 is 2.55 bits per heavy atom. The number of benzene rings is 2. The van der Waals surface area contributed by atoms with Crippen LogP contribution in [0.25, 0.3) is 0 Å². The molecule has 1 heterocycles. The summed E-state index contributed by atoms with van der Waals surface area (Å²) >= 11 is 6.22. The van der Waals surface area contributed by atoms with Gasteiger partial charge in [0.2, 0.25) is 5.91 Å². The molecule has 0 aliphatic carbocycles. The number of esters is 1. The number of piperidine rings is 1. The molecule has 0 aromatic heterocycles. The predicted molar refractivity (Wildman–Crippen MR) is 117 cm³/mol. The number of rotatable bonds is 7. The highest BCUT2D eigenvalue weighted by atomic mass is 35.5. The fraction of sp³-hybridized carbons (Fsp3) is 0.375. The van der Waals surface area contributed by atoms with Crippen LogP contribution in [-0.4, -0.2) is 36.5 Å². The topological polar surface area (TPSA) is 79.6 Å². The van der Waals surface area contributed by atoms with Gasteiger partial charge in [0, 0.05) is 25.6 Å². The first kappa shape index (κ1) is 22.6. The number of aryl methyl sites for hydroxylation is 1. The second-order valence-corrected chi connectivity index (χ2v) is 7.80. The van der Waals surface area contributed by atoms with Crippen LogP contribution in [-0.2, 0) is 16.0 Å². The Bertz CT molecular complexity index is 964. The van der Waals surface area contributed by atoms with Gasteiger partial charge in [-0.05, 0) is 37.8 Å². The van der Waals surface area contributed by atoms with Gasteiger partial charge in [-0.25, -0.2) is 0 Å². The van der Waals surface area contributed by atoms with Crippen molar-refractivity contribution in [3.8, 4) is 17.6 Å². The summed E-state index contributed by atoms with van der Waals surface area (Å²) in [7, 11) is 0. The van der Waals surface area contributed by atoms with Crippen molar-refractivity contribution in [3.63, 3.8) is 0 Å². The van der Waals surface area contributed by atoms with Crippen LogP contribution in [0.1, 0.15) is 37.3 Å². The fourth-order valence-corrected chi connectivity index (χ4v) is 3.85. The van der Waals surface area contributed by atoms with Gasteiger partial charge in [0.05, 0.1) is 29.2 Å². The van der Waals surface area contributed by atoms with Gasteiger partial charge in [0.25, 0.3) is 0 Å². The Morgan fingerprint density at radius 2 is 1.90 bits per heavy atom. The van der Waals surface area contributed by atoms with Crippen LogP contribution in [0, 0.1) is 17.2 Å². The molecule has 0 bridgehead atoms. The Morgan fingerprint density at radius 1 is 1.19 bits per heavy atom. The van der Waals surface area contributed by atoms with Gasteiger partial charge in [-0.3, -0.25) is 9.59 Å². The molecule has 0 unspecified atom stereocenters. The number of hydrogen-bond donors (Lipinski definition) is 0. The maximum Gasteiger partial charge on any atom is 0.314 e. The average Bonchev–Trinajstić information content (AvgIpc) is 2.80. The first-order valence-corrected chi connectivity index (χ1v) is 10.8. The van der Waals surface area contributed by atoms with E-state index >= 15 is 0 Å². The van der Waals surface area contributed by atoms with Crippen molar-refractivity contribution in [2.24, 2.45) is 5.92 Å². The molecular weight excluding hydrogens is 416 g/mol. The van der Waals surface area contributed by atoms with Crippen LogP contribution < -0.4 is 9.47 Å². The van der Waals surface area contributed by atoms with Crippen molar-refractivity contribution >= 4 is 23.5 Å². The van der Waals surface area contributed by atoms with Gasteiger partial charge >= 0.3 is 5.97 Å². The van der Waals surface area contributed by atoms with Gasteiger partial charge in [-0.2, -0.15) is 5.26 Å². The van der Waals surface area contributed by atoms with E-state index in [-0.39, 0.29) is 28.3 Å². The zero-order chi connectivity index (χ0) is 22.2. The smallest absolute Gasteiger partial charge is 0.314 e. The quantitative estimate of drug-likeness (QED) is 0.471. The third-order valence-corrected chi connectivity index (χ3v) is 5.57. The van der Waals surface area contributed by atoms with E-state index in [0.717, 1.165) is 5.56 Å². The van der Waals surface area contributed by atoms with Crippen LogP contribution in [0.5, 0.6) is 11.5 Å². The molecule has 0 spiro atoms. The molecule has 1 aliphatic rings. The maximum atomic E-state index is 12.7. The summed E-state index contributed by atoms with van der Waals surface area (Å²) in [6, 6.07) is 14.9. The Labute approximate surface area is 187 Å². The predicted octanol–water partition coefficient (Wildman–Crippen LogP) is 4.39. The minimum absolute atomic E-state index is 0.101. The van der Waals surface area contributed by atoms with Gasteiger partial charge < -0.3 is 14.4 Å². The third-order valence-electron chi connectivity index (χ3n) is 5.29. The van der Waals surface area contributed by atoms with Gasteiger partial charge in [-0.1, -0.05) is 41.9 Å². The van der Waals surface area contributed by atoms with Crippen LogP contribution in [0.15, 0.2) is 42.5 Å². The standard InChI is InChI=1S/C24H25ClN2O4/c1-2-30-21-15-18(16-26)14-20(25)23(21)31-24(29)19-10-12-27(13-11-19)22(28)9-8-17-6-4-3-5-7-17/h3-7,14-15,19H,2,8-13H2,1H3. The number of carbonyl (C=O) groups is 2.